The van der Waals surface area contributed by atoms with Crippen molar-refractivity contribution in [1.29, 1.82) is 0 Å². The zero-order valence-electron chi connectivity index (χ0n) is 14.5. The maximum absolute atomic E-state index is 12.1. The summed E-state index contributed by atoms with van der Waals surface area (Å²) in [7, 11) is 0. The molecule has 2 N–H and O–H groups in total. The molecule has 4 heteroatoms. The third-order valence-corrected chi connectivity index (χ3v) is 4.70. The quantitative estimate of drug-likeness (QED) is 0.499. The predicted octanol–water partition coefficient (Wildman–Crippen LogP) is 4.60. The summed E-state index contributed by atoms with van der Waals surface area (Å²) in [6.07, 6.45) is 1.67. The fourth-order valence-corrected chi connectivity index (χ4v) is 3.51. The topological polar surface area (TPSA) is 74.6 Å². The molecule has 0 amide bonds. The zero-order valence-corrected chi connectivity index (χ0v) is 14.5. The van der Waals surface area contributed by atoms with Crippen LogP contribution >= 0.6 is 0 Å². The van der Waals surface area contributed by atoms with Gasteiger partial charge in [0.1, 0.15) is 0 Å². The van der Waals surface area contributed by atoms with Gasteiger partial charge in [-0.15, -0.1) is 6.58 Å². The number of hydrogen-bond donors (Lipinski definition) is 2. The van der Waals surface area contributed by atoms with E-state index in [1.807, 2.05) is 60.7 Å². The molecule has 3 rings (SSSR count). The van der Waals surface area contributed by atoms with Gasteiger partial charge in [-0.05, 0) is 22.8 Å². The minimum atomic E-state index is -1.29. The van der Waals surface area contributed by atoms with Crippen LogP contribution in [0, 0.1) is 0 Å². The first kappa shape index (κ1) is 18.1. The summed E-state index contributed by atoms with van der Waals surface area (Å²) in [4.78, 5) is 23.8. The van der Waals surface area contributed by atoms with Crippen molar-refractivity contribution in [2.75, 3.05) is 0 Å². The Bertz CT molecular complexity index is 952. The number of carboxylic acids is 2. The van der Waals surface area contributed by atoms with Gasteiger partial charge in [-0.2, -0.15) is 0 Å². The Balaban J connectivity index is 2.47. The van der Waals surface area contributed by atoms with Crippen LogP contribution in [0.5, 0.6) is 0 Å². The first-order valence-electron chi connectivity index (χ1n) is 8.37. The number of allylic oxidation sites excluding steroid dienone is 1. The molecule has 0 aliphatic rings. The normalized spacial score (nSPS) is 11.0. The maximum atomic E-state index is 12.1. The second-order valence-electron chi connectivity index (χ2n) is 6.08. The van der Waals surface area contributed by atoms with Gasteiger partial charge in [-0.25, -0.2) is 9.59 Å². The lowest BCUT2D eigenvalue weighted by Crippen LogP contribution is -2.30. The van der Waals surface area contributed by atoms with E-state index in [0.29, 0.717) is 5.56 Å². The lowest BCUT2D eigenvalue weighted by Gasteiger charge is -2.34. The van der Waals surface area contributed by atoms with E-state index in [1.165, 1.54) is 6.07 Å². The average Bonchev–Trinajstić information content (AvgIpc) is 2.70. The van der Waals surface area contributed by atoms with E-state index in [2.05, 4.69) is 6.58 Å². The van der Waals surface area contributed by atoms with Gasteiger partial charge < -0.3 is 10.2 Å². The molecule has 0 aromatic heterocycles. The van der Waals surface area contributed by atoms with Crippen molar-refractivity contribution in [3.8, 4) is 0 Å². The van der Waals surface area contributed by atoms with E-state index < -0.39 is 17.4 Å². The molecule has 0 unspecified atom stereocenters. The first-order valence-corrected chi connectivity index (χ1v) is 8.37. The van der Waals surface area contributed by atoms with Crippen molar-refractivity contribution >= 4 is 11.9 Å². The molecule has 0 heterocycles. The summed E-state index contributed by atoms with van der Waals surface area (Å²) in [5.74, 6) is -2.57. The number of carbonyl (C=O) groups is 2. The third kappa shape index (κ3) is 3.02. The van der Waals surface area contributed by atoms with E-state index in [-0.39, 0.29) is 11.1 Å². The summed E-state index contributed by atoms with van der Waals surface area (Å²) < 4.78 is 0. The Kier molecular flexibility index (Phi) is 4.90. The molecular weight excluding hydrogens is 340 g/mol. The van der Waals surface area contributed by atoms with E-state index >= 15 is 0 Å². The zero-order chi connectivity index (χ0) is 19.4. The highest BCUT2D eigenvalue weighted by Gasteiger charge is 2.38. The highest BCUT2D eigenvalue weighted by molar-refractivity contribution is 6.03. The van der Waals surface area contributed by atoms with Crippen LogP contribution in [0.4, 0.5) is 0 Å². The maximum Gasteiger partial charge on any atom is 0.336 e. The van der Waals surface area contributed by atoms with Crippen LogP contribution in [0.1, 0.15) is 37.4 Å². The van der Waals surface area contributed by atoms with E-state index in [4.69, 9.17) is 0 Å². The van der Waals surface area contributed by atoms with Crippen molar-refractivity contribution in [1.82, 2.24) is 0 Å². The van der Waals surface area contributed by atoms with Crippen LogP contribution in [0.2, 0.25) is 0 Å². The minimum Gasteiger partial charge on any atom is -0.478 e. The fourth-order valence-electron chi connectivity index (χ4n) is 3.51. The van der Waals surface area contributed by atoms with Crippen LogP contribution in [0.15, 0.2) is 91.5 Å². The largest absolute Gasteiger partial charge is 0.478 e. The van der Waals surface area contributed by atoms with Crippen molar-refractivity contribution in [3.63, 3.8) is 0 Å². The Morgan fingerprint density at radius 3 is 1.67 bits per heavy atom. The Morgan fingerprint density at radius 1 is 0.741 bits per heavy atom. The molecular formula is C23H18O4. The predicted molar refractivity (Wildman–Crippen MR) is 103 cm³/mol. The average molecular weight is 358 g/mol. The number of rotatable bonds is 6. The molecule has 0 bridgehead atoms. The van der Waals surface area contributed by atoms with Crippen molar-refractivity contribution in [2.24, 2.45) is 0 Å². The van der Waals surface area contributed by atoms with Gasteiger partial charge in [0, 0.05) is 0 Å². The van der Waals surface area contributed by atoms with E-state index in [0.717, 1.165) is 11.1 Å². The van der Waals surface area contributed by atoms with Gasteiger partial charge in [0.25, 0.3) is 0 Å². The Labute approximate surface area is 157 Å². The first-order chi connectivity index (χ1) is 13.0. The van der Waals surface area contributed by atoms with Crippen molar-refractivity contribution in [3.05, 3.63) is 119 Å². The summed E-state index contributed by atoms with van der Waals surface area (Å²) in [5.41, 5.74) is 0.465. The molecule has 0 spiro atoms. The molecule has 0 radical (unpaired) electrons. The van der Waals surface area contributed by atoms with Gasteiger partial charge in [-0.3, -0.25) is 0 Å². The summed E-state index contributed by atoms with van der Waals surface area (Å²) in [6.45, 7) is 4.00. The van der Waals surface area contributed by atoms with Crippen LogP contribution in [-0.2, 0) is 5.41 Å². The van der Waals surface area contributed by atoms with Gasteiger partial charge in [0.05, 0.1) is 16.5 Å². The fraction of sp³-hybridized carbons (Fsp3) is 0.0435. The smallest absolute Gasteiger partial charge is 0.336 e. The molecule has 27 heavy (non-hydrogen) atoms. The van der Waals surface area contributed by atoms with Gasteiger partial charge in [0.15, 0.2) is 0 Å². The van der Waals surface area contributed by atoms with Crippen LogP contribution < -0.4 is 0 Å². The molecule has 0 atom stereocenters. The van der Waals surface area contributed by atoms with Gasteiger partial charge in [-0.1, -0.05) is 78.9 Å². The monoisotopic (exact) mass is 358 g/mol. The number of aromatic carboxylic acids is 2. The van der Waals surface area contributed by atoms with Crippen molar-refractivity contribution < 1.29 is 19.8 Å². The summed E-state index contributed by atoms with van der Waals surface area (Å²) >= 11 is 0. The third-order valence-electron chi connectivity index (χ3n) is 4.70. The molecule has 134 valence electrons. The second kappa shape index (κ2) is 7.30. The lowest BCUT2D eigenvalue weighted by molar-refractivity contribution is 0.0650. The number of benzene rings is 3. The molecule has 4 nitrogen and oxygen atoms in total. The molecule has 0 saturated carbocycles. The molecule has 3 aromatic carbocycles. The SMILES string of the molecule is C=CC(c1ccccc1)(c1ccccc1)c1cccc(C(=O)O)c1C(=O)O. The van der Waals surface area contributed by atoms with Gasteiger partial charge >= 0.3 is 11.9 Å². The molecule has 0 saturated heterocycles. The van der Waals surface area contributed by atoms with E-state index in [1.54, 1.807) is 18.2 Å². The van der Waals surface area contributed by atoms with Crippen molar-refractivity contribution in [2.45, 2.75) is 5.41 Å². The van der Waals surface area contributed by atoms with E-state index in [9.17, 15) is 19.8 Å². The molecule has 0 aliphatic heterocycles. The Hall–Kier alpha value is -3.66. The lowest BCUT2D eigenvalue weighted by atomic mass is 9.67. The molecule has 3 aromatic rings. The second-order valence-corrected chi connectivity index (χ2v) is 6.08. The molecule has 0 fully saturated rings. The standard InChI is InChI=1S/C23H18O4/c1-2-23(16-10-5-3-6-11-16,17-12-7-4-8-13-17)19-15-9-14-18(21(24)25)20(19)22(26)27/h2-15H,1H2,(H,24,25)(H,26,27). The Morgan fingerprint density at radius 2 is 1.26 bits per heavy atom. The van der Waals surface area contributed by atoms with Crippen LogP contribution in [0.3, 0.4) is 0 Å². The molecule has 0 aliphatic carbocycles. The summed E-state index contributed by atoms with van der Waals surface area (Å²) in [5, 5.41) is 19.4. The highest BCUT2D eigenvalue weighted by atomic mass is 16.4. The highest BCUT2D eigenvalue weighted by Crippen LogP contribution is 2.42. The minimum absolute atomic E-state index is 0.238. The van der Waals surface area contributed by atoms with Crippen LogP contribution in [-0.4, -0.2) is 22.2 Å². The number of hydrogen-bond acceptors (Lipinski definition) is 2. The number of carboxylic acid groups (broad SMARTS) is 2. The van der Waals surface area contributed by atoms with Crippen LogP contribution in [0.25, 0.3) is 0 Å². The summed E-state index contributed by atoms with van der Waals surface area (Å²) in [6, 6.07) is 23.2. The van der Waals surface area contributed by atoms with Gasteiger partial charge in [0.2, 0.25) is 0 Å².